The van der Waals surface area contributed by atoms with E-state index in [1.807, 2.05) is 37.3 Å². The molecule has 22 heavy (non-hydrogen) atoms. The highest BCUT2D eigenvalue weighted by molar-refractivity contribution is 6.01. The van der Waals surface area contributed by atoms with Gasteiger partial charge in [-0.15, -0.1) is 0 Å². The highest BCUT2D eigenvalue weighted by Gasteiger charge is 2.15. The van der Waals surface area contributed by atoms with Crippen LogP contribution in [0.4, 0.5) is 0 Å². The molecule has 1 heterocycles. The Hall–Kier alpha value is -2.80. The number of ether oxygens (including phenoxy) is 1. The maximum absolute atomic E-state index is 11.9. The quantitative estimate of drug-likeness (QED) is 0.366. The first kappa shape index (κ1) is 15.6. The second-order valence-electron chi connectivity index (χ2n) is 4.82. The van der Waals surface area contributed by atoms with Crippen molar-refractivity contribution in [2.45, 2.75) is 20.4 Å². The predicted octanol–water partition coefficient (Wildman–Crippen LogP) is 3.61. The summed E-state index contributed by atoms with van der Waals surface area (Å²) in [4.78, 5) is 11.9. The van der Waals surface area contributed by atoms with Gasteiger partial charge in [-0.05, 0) is 26.0 Å². The Kier molecular flexibility index (Phi) is 4.80. The summed E-state index contributed by atoms with van der Waals surface area (Å²) < 4.78 is 7.10. The standard InChI is InChI=1S/C18H18N2O2/c1-4-10-22-18(21)14(12-19)11-16-13(3)20(5-2)17-9-7-6-8-15(16)17/h4,6-9,11H,1,5,10H2,2-3H3/b14-11-. The number of aromatic nitrogens is 1. The van der Waals surface area contributed by atoms with Crippen LogP contribution in [0, 0.1) is 18.3 Å². The number of rotatable bonds is 5. The maximum atomic E-state index is 11.9. The number of nitriles is 1. The Labute approximate surface area is 129 Å². The smallest absolute Gasteiger partial charge is 0.349 e. The van der Waals surface area contributed by atoms with Crippen molar-refractivity contribution in [2.24, 2.45) is 0 Å². The molecule has 0 atom stereocenters. The lowest BCUT2D eigenvalue weighted by atomic mass is 10.1. The fourth-order valence-electron chi connectivity index (χ4n) is 2.54. The van der Waals surface area contributed by atoms with E-state index in [0.29, 0.717) is 0 Å². The van der Waals surface area contributed by atoms with Crippen LogP contribution in [0.1, 0.15) is 18.2 Å². The number of carbonyl (C=O) groups excluding carboxylic acids is 1. The zero-order valence-corrected chi connectivity index (χ0v) is 12.8. The number of nitrogens with zero attached hydrogens (tertiary/aromatic N) is 2. The first-order valence-electron chi connectivity index (χ1n) is 7.11. The summed E-state index contributed by atoms with van der Waals surface area (Å²) in [7, 11) is 0. The molecule has 0 saturated carbocycles. The van der Waals surface area contributed by atoms with Gasteiger partial charge in [0.25, 0.3) is 0 Å². The zero-order valence-electron chi connectivity index (χ0n) is 12.8. The molecule has 4 nitrogen and oxygen atoms in total. The topological polar surface area (TPSA) is 55.0 Å². The van der Waals surface area contributed by atoms with Gasteiger partial charge in [0.2, 0.25) is 0 Å². The molecule has 0 aliphatic carbocycles. The Bertz CT molecular complexity index is 791. The van der Waals surface area contributed by atoms with Gasteiger partial charge in [-0.2, -0.15) is 5.26 Å². The molecule has 0 aliphatic heterocycles. The molecular weight excluding hydrogens is 276 g/mol. The van der Waals surface area contributed by atoms with E-state index >= 15 is 0 Å². The van der Waals surface area contributed by atoms with E-state index in [1.54, 1.807) is 6.08 Å². The van der Waals surface area contributed by atoms with Crippen molar-refractivity contribution >= 4 is 22.9 Å². The molecule has 112 valence electrons. The molecule has 0 saturated heterocycles. The minimum atomic E-state index is -0.630. The Morgan fingerprint density at radius 3 is 2.82 bits per heavy atom. The van der Waals surface area contributed by atoms with Gasteiger partial charge in [0.1, 0.15) is 18.2 Å². The van der Waals surface area contributed by atoms with E-state index in [1.165, 1.54) is 6.08 Å². The van der Waals surface area contributed by atoms with E-state index in [9.17, 15) is 10.1 Å². The number of esters is 1. The van der Waals surface area contributed by atoms with Crippen LogP contribution >= 0.6 is 0 Å². The van der Waals surface area contributed by atoms with Crippen molar-refractivity contribution in [3.63, 3.8) is 0 Å². The van der Waals surface area contributed by atoms with Crippen LogP contribution in [0.25, 0.3) is 17.0 Å². The minimum Gasteiger partial charge on any atom is -0.457 e. The van der Waals surface area contributed by atoms with Gasteiger partial charge in [0.05, 0.1) is 0 Å². The van der Waals surface area contributed by atoms with Crippen LogP contribution in [0.5, 0.6) is 0 Å². The molecule has 1 aromatic heterocycles. The maximum Gasteiger partial charge on any atom is 0.349 e. The van der Waals surface area contributed by atoms with E-state index in [0.717, 1.165) is 28.7 Å². The third-order valence-electron chi connectivity index (χ3n) is 3.56. The zero-order chi connectivity index (χ0) is 16.1. The Morgan fingerprint density at radius 1 is 1.45 bits per heavy atom. The van der Waals surface area contributed by atoms with Crippen molar-refractivity contribution in [1.29, 1.82) is 5.26 Å². The van der Waals surface area contributed by atoms with Crippen molar-refractivity contribution in [2.75, 3.05) is 6.61 Å². The van der Waals surface area contributed by atoms with Crippen LogP contribution in [0.3, 0.4) is 0 Å². The van der Waals surface area contributed by atoms with Crippen LogP contribution in [0.2, 0.25) is 0 Å². The summed E-state index contributed by atoms with van der Waals surface area (Å²) >= 11 is 0. The minimum absolute atomic E-state index is 0.0102. The van der Waals surface area contributed by atoms with E-state index < -0.39 is 5.97 Å². The van der Waals surface area contributed by atoms with Gasteiger partial charge < -0.3 is 9.30 Å². The van der Waals surface area contributed by atoms with Crippen LogP contribution < -0.4 is 0 Å². The highest BCUT2D eigenvalue weighted by atomic mass is 16.5. The number of benzene rings is 1. The molecule has 1 aromatic carbocycles. The van der Waals surface area contributed by atoms with E-state index in [-0.39, 0.29) is 12.2 Å². The third kappa shape index (κ3) is 2.79. The fourth-order valence-corrected chi connectivity index (χ4v) is 2.54. The van der Waals surface area contributed by atoms with Crippen molar-refractivity contribution in [3.05, 3.63) is 53.8 Å². The molecule has 2 rings (SSSR count). The average molecular weight is 294 g/mol. The number of fused-ring (bicyclic) bond motifs is 1. The van der Waals surface area contributed by atoms with Crippen LogP contribution in [-0.2, 0) is 16.1 Å². The van der Waals surface area contributed by atoms with Gasteiger partial charge in [-0.25, -0.2) is 4.79 Å². The van der Waals surface area contributed by atoms with E-state index in [4.69, 9.17) is 4.74 Å². The number of hydrogen-bond donors (Lipinski definition) is 0. The number of hydrogen-bond acceptors (Lipinski definition) is 3. The average Bonchev–Trinajstić information content (AvgIpc) is 2.81. The third-order valence-corrected chi connectivity index (χ3v) is 3.56. The fraction of sp³-hybridized carbons (Fsp3) is 0.222. The normalized spacial score (nSPS) is 11.2. The molecular formula is C18H18N2O2. The summed E-state index contributed by atoms with van der Waals surface area (Å²) in [6, 6.07) is 9.87. The van der Waals surface area contributed by atoms with Crippen molar-refractivity contribution in [3.8, 4) is 6.07 Å². The highest BCUT2D eigenvalue weighted by Crippen LogP contribution is 2.27. The van der Waals surface area contributed by atoms with Crippen LogP contribution in [-0.4, -0.2) is 17.1 Å². The summed E-state index contributed by atoms with van der Waals surface area (Å²) in [5, 5.41) is 10.3. The summed E-state index contributed by atoms with van der Waals surface area (Å²) in [6.07, 6.45) is 3.08. The number of carbonyl (C=O) groups is 1. The van der Waals surface area contributed by atoms with Gasteiger partial charge >= 0.3 is 5.97 Å². The lowest BCUT2D eigenvalue weighted by Gasteiger charge is -2.03. The summed E-state index contributed by atoms with van der Waals surface area (Å²) in [6.45, 7) is 8.45. The molecule has 0 amide bonds. The molecule has 0 N–H and O–H groups in total. The number of para-hydroxylation sites is 1. The molecule has 2 aromatic rings. The molecule has 0 spiro atoms. The van der Waals surface area contributed by atoms with Crippen molar-refractivity contribution < 1.29 is 9.53 Å². The summed E-state index contributed by atoms with van der Waals surface area (Å²) in [5.74, 6) is -0.630. The van der Waals surface area contributed by atoms with Crippen LogP contribution in [0.15, 0.2) is 42.5 Å². The Morgan fingerprint density at radius 2 is 2.18 bits per heavy atom. The first-order chi connectivity index (χ1) is 10.6. The lowest BCUT2D eigenvalue weighted by molar-refractivity contribution is -0.137. The first-order valence-corrected chi connectivity index (χ1v) is 7.11. The van der Waals surface area contributed by atoms with Gasteiger partial charge in [0.15, 0.2) is 0 Å². The van der Waals surface area contributed by atoms with Gasteiger partial charge in [-0.1, -0.05) is 30.9 Å². The van der Waals surface area contributed by atoms with E-state index in [2.05, 4.69) is 18.1 Å². The van der Waals surface area contributed by atoms with Crippen molar-refractivity contribution in [1.82, 2.24) is 4.57 Å². The molecule has 0 bridgehead atoms. The molecule has 0 aliphatic rings. The molecule has 0 unspecified atom stereocenters. The SMILES string of the molecule is C=CCOC(=O)/C(C#N)=C\c1c(C)n(CC)c2ccccc12. The predicted molar refractivity (Wildman–Crippen MR) is 87.1 cm³/mol. The number of aryl methyl sites for hydroxylation is 1. The second-order valence-corrected chi connectivity index (χ2v) is 4.82. The molecule has 4 heteroatoms. The largest absolute Gasteiger partial charge is 0.457 e. The van der Waals surface area contributed by atoms with Gasteiger partial charge in [-0.3, -0.25) is 0 Å². The molecule has 0 fully saturated rings. The second kappa shape index (κ2) is 6.77. The summed E-state index contributed by atoms with van der Waals surface area (Å²) in [5.41, 5.74) is 2.98. The monoisotopic (exact) mass is 294 g/mol. The lowest BCUT2D eigenvalue weighted by Crippen LogP contribution is -2.06. The van der Waals surface area contributed by atoms with Gasteiger partial charge in [0, 0.05) is 28.7 Å². The molecule has 0 radical (unpaired) electrons. The Balaban J connectivity index is 2.57.